The second kappa shape index (κ2) is 8.60. The second-order valence-electron chi connectivity index (χ2n) is 4.69. The van der Waals surface area contributed by atoms with E-state index < -0.39 is 18.5 Å². The summed E-state index contributed by atoms with van der Waals surface area (Å²) in [5.41, 5.74) is 6.98. The number of hydrogen-bond donors (Lipinski definition) is 2. The summed E-state index contributed by atoms with van der Waals surface area (Å²) in [6.07, 6.45) is 0. The molecule has 1 amide bonds. The molecular weight excluding hydrogens is 326 g/mol. The normalized spacial score (nSPS) is 9.79. The van der Waals surface area contributed by atoms with Crippen molar-refractivity contribution in [2.24, 2.45) is 0 Å². The number of nitriles is 1. The Labute approximate surface area is 143 Å². The third-order valence-electron chi connectivity index (χ3n) is 2.93. The Kier molecular flexibility index (Phi) is 6.23. The van der Waals surface area contributed by atoms with Gasteiger partial charge in [-0.25, -0.2) is 4.79 Å². The van der Waals surface area contributed by atoms with Crippen molar-refractivity contribution in [2.75, 3.05) is 23.4 Å². The van der Waals surface area contributed by atoms with Gasteiger partial charge in [0.25, 0.3) is 5.91 Å². The van der Waals surface area contributed by atoms with Gasteiger partial charge in [-0.2, -0.15) is 5.26 Å². The van der Waals surface area contributed by atoms with Crippen LogP contribution in [-0.4, -0.2) is 24.2 Å². The topological polar surface area (TPSA) is 105 Å². The van der Waals surface area contributed by atoms with Gasteiger partial charge in [0.1, 0.15) is 0 Å². The summed E-state index contributed by atoms with van der Waals surface area (Å²) in [6.45, 7) is -0.402. The van der Waals surface area contributed by atoms with Crippen molar-refractivity contribution < 1.29 is 14.3 Å². The zero-order valence-electron chi connectivity index (χ0n) is 12.7. The standard InChI is InChI=1S/C17H15N3O3S/c18-9-10-24-15-4-2-1-3-14(15)20-16(21)11-23-17(22)12-5-7-13(19)8-6-12/h1-8H,10-11,19H2,(H,20,21). The molecule has 0 atom stereocenters. The highest BCUT2D eigenvalue weighted by Crippen LogP contribution is 2.26. The highest BCUT2D eigenvalue weighted by molar-refractivity contribution is 7.99. The molecule has 0 bridgehead atoms. The Morgan fingerprint density at radius 1 is 1.17 bits per heavy atom. The van der Waals surface area contributed by atoms with Crippen LogP contribution in [0.1, 0.15) is 10.4 Å². The van der Waals surface area contributed by atoms with E-state index in [-0.39, 0.29) is 5.75 Å². The number of thioether (sulfide) groups is 1. The van der Waals surface area contributed by atoms with Gasteiger partial charge in [-0.05, 0) is 36.4 Å². The lowest BCUT2D eigenvalue weighted by molar-refractivity contribution is -0.119. The Hall–Kier alpha value is -2.98. The summed E-state index contributed by atoms with van der Waals surface area (Å²) in [4.78, 5) is 24.6. The second-order valence-corrected chi connectivity index (χ2v) is 5.71. The molecule has 0 aliphatic carbocycles. The van der Waals surface area contributed by atoms with Gasteiger partial charge in [0.2, 0.25) is 0 Å². The number of carbonyl (C=O) groups excluding carboxylic acids is 2. The average molecular weight is 341 g/mol. The maximum atomic E-state index is 11.9. The number of amides is 1. The van der Waals surface area contributed by atoms with Gasteiger partial charge >= 0.3 is 5.97 Å². The van der Waals surface area contributed by atoms with Crippen LogP contribution in [0.25, 0.3) is 0 Å². The first-order valence-electron chi connectivity index (χ1n) is 7.01. The molecule has 0 saturated carbocycles. The van der Waals surface area contributed by atoms with Crippen LogP contribution in [0.3, 0.4) is 0 Å². The number of rotatable bonds is 6. The molecule has 0 saturated heterocycles. The molecule has 3 N–H and O–H groups in total. The summed E-state index contributed by atoms with van der Waals surface area (Å²) in [5.74, 6) is -0.778. The number of ether oxygens (including phenoxy) is 1. The molecule has 122 valence electrons. The van der Waals surface area contributed by atoms with Gasteiger partial charge in [0.05, 0.1) is 23.1 Å². The van der Waals surface area contributed by atoms with Crippen molar-refractivity contribution >= 4 is 35.0 Å². The fourth-order valence-electron chi connectivity index (χ4n) is 1.83. The average Bonchev–Trinajstić information content (AvgIpc) is 2.59. The molecule has 0 radical (unpaired) electrons. The molecule has 0 aliphatic rings. The predicted molar refractivity (Wildman–Crippen MR) is 92.5 cm³/mol. The minimum absolute atomic E-state index is 0.277. The number of nitrogens with one attached hydrogen (secondary N) is 1. The Morgan fingerprint density at radius 3 is 2.58 bits per heavy atom. The number of esters is 1. The van der Waals surface area contributed by atoms with Crippen molar-refractivity contribution in [3.05, 3.63) is 54.1 Å². The van der Waals surface area contributed by atoms with Crippen LogP contribution < -0.4 is 11.1 Å². The number of nitrogens with two attached hydrogens (primary N) is 1. The van der Waals surface area contributed by atoms with Gasteiger partial charge < -0.3 is 15.8 Å². The molecule has 24 heavy (non-hydrogen) atoms. The highest BCUT2D eigenvalue weighted by atomic mass is 32.2. The van der Waals surface area contributed by atoms with Crippen LogP contribution in [0, 0.1) is 11.3 Å². The molecule has 2 aromatic carbocycles. The number of carbonyl (C=O) groups is 2. The molecule has 0 fully saturated rings. The third-order valence-corrected chi connectivity index (χ3v) is 3.87. The van der Waals surface area contributed by atoms with Gasteiger partial charge in [-0.15, -0.1) is 11.8 Å². The van der Waals surface area contributed by atoms with Gasteiger partial charge in [0, 0.05) is 10.6 Å². The number of para-hydroxylation sites is 1. The molecule has 7 heteroatoms. The first-order valence-corrected chi connectivity index (χ1v) is 8.00. The van der Waals surface area contributed by atoms with E-state index in [4.69, 9.17) is 15.7 Å². The lowest BCUT2D eigenvalue weighted by Crippen LogP contribution is -2.21. The minimum Gasteiger partial charge on any atom is -0.452 e. The van der Waals surface area contributed by atoms with E-state index in [1.165, 1.54) is 23.9 Å². The molecule has 0 unspecified atom stereocenters. The molecule has 0 spiro atoms. The molecule has 0 heterocycles. The number of anilines is 2. The fraction of sp³-hybridized carbons (Fsp3) is 0.118. The van der Waals surface area contributed by atoms with Crippen LogP contribution >= 0.6 is 11.8 Å². The van der Waals surface area contributed by atoms with Gasteiger partial charge in [-0.1, -0.05) is 12.1 Å². The number of nitrogen functional groups attached to an aromatic ring is 1. The molecular formula is C17H15N3O3S. The fourth-order valence-corrected chi connectivity index (χ4v) is 2.50. The summed E-state index contributed by atoms with van der Waals surface area (Å²) in [5, 5.41) is 11.3. The highest BCUT2D eigenvalue weighted by Gasteiger charge is 2.11. The van der Waals surface area contributed by atoms with Crippen LogP contribution in [0.15, 0.2) is 53.4 Å². The van der Waals surface area contributed by atoms with Gasteiger partial charge in [0.15, 0.2) is 6.61 Å². The lowest BCUT2D eigenvalue weighted by atomic mass is 10.2. The molecule has 2 aromatic rings. The molecule has 6 nitrogen and oxygen atoms in total. The summed E-state index contributed by atoms with van der Waals surface area (Å²) in [7, 11) is 0. The number of hydrogen-bond acceptors (Lipinski definition) is 6. The first kappa shape index (κ1) is 17.4. The first-order chi connectivity index (χ1) is 11.6. The van der Waals surface area contributed by atoms with Crippen molar-refractivity contribution in [1.29, 1.82) is 5.26 Å². The van der Waals surface area contributed by atoms with Crippen molar-refractivity contribution in [3.8, 4) is 6.07 Å². The van der Waals surface area contributed by atoms with Crippen molar-refractivity contribution in [1.82, 2.24) is 0 Å². The Balaban J connectivity index is 1.91. The molecule has 2 rings (SSSR count). The van der Waals surface area contributed by atoms with E-state index in [1.807, 2.05) is 12.1 Å². The van der Waals surface area contributed by atoms with Gasteiger partial charge in [-0.3, -0.25) is 4.79 Å². The Morgan fingerprint density at radius 2 is 1.88 bits per heavy atom. The summed E-state index contributed by atoms with van der Waals surface area (Å²) < 4.78 is 4.97. The maximum absolute atomic E-state index is 11.9. The zero-order chi connectivity index (χ0) is 17.4. The van der Waals surface area contributed by atoms with Crippen molar-refractivity contribution in [3.63, 3.8) is 0 Å². The van der Waals surface area contributed by atoms with Crippen LogP contribution in [0.5, 0.6) is 0 Å². The minimum atomic E-state index is -0.600. The quantitative estimate of drug-likeness (QED) is 0.475. The Bertz CT molecular complexity index is 769. The predicted octanol–water partition coefficient (Wildman–Crippen LogP) is 2.68. The monoisotopic (exact) mass is 341 g/mol. The summed E-state index contributed by atoms with van der Waals surface area (Å²) in [6, 6.07) is 15.4. The van der Waals surface area contributed by atoms with E-state index in [0.717, 1.165) is 4.90 Å². The molecule has 0 aliphatic heterocycles. The molecule has 0 aromatic heterocycles. The van der Waals surface area contributed by atoms with E-state index in [1.54, 1.807) is 30.3 Å². The van der Waals surface area contributed by atoms with E-state index in [9.17, 15) is 9.59 Å². The van der Waals surface area contributed by atoms with Crippen LogP contribution in [0.4, 0.5) is 11.4 Å². The van der Waals surface area contributed by atoms with Crippen LogP contribution in [0.2, 0.25) is 0 Å². The van der Waals surface area contributed by atoms with Crippen LogP contribution in [-0.2, 0) is 9.53 Å². The third kappa shape index (κ3) is 5.04. The number of benzene rings is 2. The zero-order valence-corrected chi connectivity index (χ0v) is 13.5. The van der Waals surface area contributed by atoms with E-state index in [0.29, 0.717) is 16.9 Å². The smallest absolute Gasteiger partial charge is 0.338 e. The largest absolute Gasteiger partial charge is 0.452 e. The van der Waals surface area contributed by atoms with E-state index in [2.05, 4.69) is 5.32 Å². The lowest BCUT2D eigenvalue weighted by Gasteiger charge is -2.10. The SMILES string of the molecule is N#CCSc1ccccc1NC(=O)COC(=O)c1ccc(N)cc1. The number of nitrogens with zero attached hydrogens (tertiary/aromatic N) is 1. The summed E-state index contributed by atoms with van der Waals surface area (Å²) >= 11 is 1.32. The maximum Gasteiger partial charge on any atom is 0.338 e. The van der Waals surface area contributed by atoms with Crippen molar-refractivity contribution in [2.45, 2.75) is 4.90 Å². The van der Waals surface area contributed by atoms with E-state index >= 15 is 0 Å².